The number of alkyl halides is 3. The first-order valence-electron chi connectivity index (χ1n) is 5.35. The van der Waals surface area contributed by atoms with Gasteiger partial charge in [-0.05, 0) is 0 Å². The molecule has 0 bridgehead atoms. The van der Waals surface area contributed by atoms with E-state index in [1.165, 1.54) is 11.8 Å². The molecule has 1 aliphatic rings. The summed E-state index contributed by atoms with van der Waals surface area (Å²) in [6.07, 6.45) is -4.69. The van der Waals surface area contributed by atoms with E-state index in [9.17, 15) is 18.0 Å². The topological polar surface area (TPSA) is 53.2 Å². The molecule has 1 heterocycles. The van der Waals surface area contributed by atoms with Gasteiger partial charge in [-0.15, -0.1) is 11.8 Å². The first-order chi connectivity index (χ1) is 8.49. The minimum absolute atomic E-state index is 0.261. The number of hydrogen-bond acceptors (Lipinski definition) is 4. The highest BCUT2D eigenvalue weighted by molar-refractivity contribution is 7.99. The van der Waals surface area contributed by atoms with Crippen molar-refractivity contribution in [3.8, 4) is 11.8 Å². The van der Waals surface area contributed by atoms with Crippen LogP contribution in [-0.4, -0.2) is 49.4 Å². The van der Waals surface area contributed by atoms with Crippen LogP contribution in [-0.2, 0) is 4.79 Å². The van der Waals surface area contributed by atoms with Gasteiger partial charge in [0, 0.05) is 18.8 Å². The van der Waals surface area contributed by atoms with Crippen molar-refractivity contribution in [1.82, 2.24) is 16.0 Å². The number of nitrogens with one attached hydrogen (secondary N) is 3. The van der Waals surface area contributed by atoms with Gasteiger partial charge in [0.15, 0.2) is 0 Å². The minimum Gasteiger partial charge on any atom is -0.305 e. The SMILES string of the molecule is O=C(NC(F)(F)F)C1CSCC#CCNCCN1. The molecule has 0 aromatic carbocycles. The lowest BCUT2D eigenvalue weighted by atomic mass is 10.3. The highest BCUT2D eigenvalue weighted by Crippen LogP contribution is 2.11. The molecule has 18 heavy (non-hydrogen) atoms. The molecule has 0 aliphatic carbocycles. The number of amides is 1. The summed E-state index contributed by atoms with van der Waals surface area (Å²) in [5.74, 6) is 5.44. The molecule has 8 heteroatoms. The number of hydrogen-bond donors (Lipinski definition) is 3. The summed E-state index contributed by atoms with van der Waals surface area (Å²) in [7, 11) is 0. The molecule has 4 nitrogen and oxygen atoms in total. The quantitative estimate of drug-likeness (QED) is 0.465. The normalized spacial score (nSPS) is 22.3. The van der Waals surface area contributed by atoms with Gasteiger partial charge in [-0.3, -0.25) is 10.1 Å². The van der Waals surface area contributed by atoms with Crippen molar-refractivity contribution in [3.05, 3.63) is 0 Å². The van der Waals surface area contributed by atoms with E-state index in [1.807, 2.05) is 0 Å². The molecule has 1 rings (SSSR count). The standard InChI is InChI=1S/C10H14F3N3OS/c11-10(12,13)16-9(17)8-7-18-6-2-1-3-14-4-5-15-8/h8,14-15H,3-7H2,(H,16,17). The Morgan fingerprint density at radius 2 is 2.11 bits per heavy atom. The Morgan fingerprint density at radius 3 is 2.83 bits per heavy atom. The van der Waals surface area contributed by atoms with Gasteiger partial charge >= 0.3 is 6.30 Å². The Balaban J connectivity index is 2.50. The second-order valence-electron chi connectivity index (χ2n) is 3.54. The molecule has 1 unspecified atom stereocenters. The number of rotatable bonds is 1. The predicted molar refractivity (Wildman–Crippen MR) is 64.0 cm³/mol. The maximum Gasteiger partial charge on any atom is 0.484 e. The second-order valence-corrected chi connectivity index (χ2v) is 4.57. The van der Waals surface area contributed by atoms with Crippen molar-refractivity contribution in [1.29, 1.82) is 0 Å². The van der Waals surface area contributed by atoms with Crippen molar-refractivity contribution in [3.63, 3.8) is 0 Å². The van der Waals surface area contributed by atoms with Gasteiger partial charge in [0.2, 0.25) is 5.91 Å². The molecular formula is C10H14F3N3OS. The highest BCUT2D eigenvalue weighted by atomic mass is 32.2. The molecule has 1 atom stereocenters. The van der Waals surface area contributed by atoms with Crippen molar-refractivity contribution in [2.75, 3.05) is 31.1 Å². The van der Waals surface area contributed by atoms with Gasteiger partial charge in [-0.25, -0.2) is 0 Å². The average Bonchev–Trinajstić information content (AvgIpc) is 2.31. The summed E-state index contributed by atoms with van der Waals surface area (Å²) in [6.45, 7) is 1.51. The summed E-state index contributed by atoms with van der Waals surface area (Å²) < 4.78 is 36.2. The van der Waals surface area contributed by atoms with Gasteiger partial charge in [0.25, 0.3) is 0 Å². The summed E-state index contributed by atoms with van der Waals surface area (Å²) >= 11 is 1.33. The molecule has 0 spiro atoms. The van der Waals surface area contributed by atoms with E-state index in [2.05, 4.69) is 22.5 Å². The lowest BCUT2D eigenvalue weighted by Crippen LogP contribution is -2.51. The third kappa shape index (κ3) is 6.74. The van der Waals surface area contributed by atoms with E-state index < -0.39 is 18.2 Å². The van der Waals surface area contributed by atoms with Crippen molar-refractivity contribution >= 4 is 17.7 Å². The van der Waals surface area contributed by atoms with Gasteiger partial charge in [0.1, 0.15) is 0 Å². The minimum atomic E-state index is -4.69. The Labute approximate surface area is 107 Å². The molecular weight excluding hydrogens is 267 g/mol. The van der Waals surface area contributed by atoms with Crippen molar-refractivity contribution in [2.24, 2.45) is 0 Å². The van der Waals surface area contributed by atoms with E-state index in [0.29, 0.717) is 25.4 Å². The number of carbonyl (C=O) groups excluding carboxylic acids is 1. The molecule has 0 aromatic rings. The van der Waals surface area contributed by atoms with E-state index in [-0.39, 0.29) is 5.75 Å². The Kier molecular flexibility index (Phi) is 6.32. The fourth-order valence-electron chi connectivity index (χ4n) is 1.28. The van der Waals surface area contributed by atoms with Crippen molar-refractivity contribution < 1.29 is 18.0 Å². The lowest BCUT2D eigenvalue weighted by molar-refractivity contribution is -0.170. The molecule has 0 saturated carbocycles. The third-order valence-electron chi connectivity index (χ3n) is 2.07. The van der Waals surface area contributed by atoms with Crippen LogP contribution in [0, 0.1) is 11.8 Å². The molecule has 0 radical (unpaired) electrons. The van der Waals surface area contributed by atoms with Crippen LogP contribution in [0.15, 0.2) is 0 Å². The van der Waals surface area contributed by atoms with E-state index in [4.69, 9.17) is 0 Å². The summed E-state index contributed by atoms with van der Waals surface area (Å²) in [5.41, 5.74) is 0. The second kappa shape index (κ2) is 7.51. The molecule has 0 saturated heterocycles. The molecule has 0 fully saturated rings. The number of thioether (sulfide) groups is 1. The van der Waals surface area contributed by atoms with Gasteiger partial charge < -0.3 is 10.6 Å². The van der Waals surface area contributed by atoms with E-state index in [1.54, 1.807) is 0 Å². The van der Waals surface area contributed by atoms with E-state index in [0.717, 1.165) is 5.32 Å². The first-order valence-corrected chi connectivity index (χ1v) is 6.51. The van der Waals surface area contributed by atoms with Crippen LogP contribution in [0.4, 0.5) is 13.2 Å². The van der Waals surface area contributed by atoms with Crippen LogP contribution in [0.1, 0.15) is 0 Å². The highest BCUT2D eigenvalue weighted by Gasteiger charge is 2.33. The maximum atomic E-state index is 12.1. The fourth-order valence-corrected chi connectivity index (χ4v) is 2.11. The zero-order valence-corrected chi connectivity index (χ0v) is 10.4. The summed E-state index contributed by atoms with van der Waals surface area (Å²) in [6, 6.07) is -0.863. The summed E-state index contributed by atoms with van der Waals surface area (Å²) in [5, 5.41) is 6.80. The Hall–Kier alpha value is -0.910. The van der Waals surface area contributed by atoms with Gasteiger partial charge in [0.05, 0.1) is 18.3 Å². The zero-order valence-electron chi connectivity index (χ0n) is 9.56. The van der Waals surface area contributed by atoms with E-state index >= 15 is 0 Å². The molecule has 1 amide bonds. The average molecular weight is 281 g/mol. The predicted octanol–water partition coefficient (Wildman–Crippen LogP) is -0.0796. The van der Waals surface area contributed by atoms with Crippen molar-refractivity contribution in [2.45, 2.75) is 12.3 Å². The van der Waals surface area contributed by atoms with Crippen LogP contribution in [0.25, 0.3) is 0 Å². The van der Waals surface area contributed by atoms with Crippen LogP contribution >= 0.6 is 11.8 Å². The van der Waals surface area contributed by atoms with Gasteiger partial charge in [-0.1, -0.05) is 11.8 Å². The van der Waals surface area contributed by atoms with Crippen LogP contribution < -0.4 is 16.0 Å². The first kappa shape index (κ1) is 15.1. The number of carbonyl (C=O) groups is 1. The molecule has 1 aliphatic heterocycles. The zero-order chi connectivity index (χ0) is 13.4. The largest absolute Gasteiger partial charge is 0.484 e. The van der Waals surface area contributed by atoms with Crippen LogP contribution in [0.5, 0.6) is 0 Å². The fraction of sp³-hybridized carbons (Fsp3) is 0.700. The maximum absolute atomic E-state index is 12.1. The summed E-state index contributed by atoms with van der Waals surface area (Å²) in [4.78, 5) is 11.4. The monoisotopic (exact) mass is 281 g/mol. The number of halogens is 3. The molecule has 0 aromatic heterocycles. The van der Waals surface area contributed by atoms with Crippen LogP contribution in [0.2, 0.25) is 0 Å². The smallest absolute Gasteiger partial charge is 0.305 e. The Morgan fingerprint density at radius 1 is 1.33 bits per heavy atom. The lowest BCUT2D eigenvalue weighted by Gasteiger charge is -2.18. The van der Waals surface area contributed by atoms with Crippen LogP contribution in [0.3, 0.4) is 0 Å². The Bertz CT molecular complexity index is 337. The molecule has 3 N–H and O–H groups in total. The third-order valence-corrected chi connectivity index (χ3v) is 2.99. The van der Waals surface area contributed by atoms with Gasteiger partial charge in [-0.2, -0.15) is 13.2 Å². The molecule has 102 valence electrons.